The number of nitrogens with two attached hydrogens (primary N) is 1. The van der Waals surface area contributed by atoms with Crippen LogP contribution in [0.2, 0.25) is 0 Å². The molecule has 1 aromatic heterocycles. The van der Waals surface area contributed by atoms with Gasteiger partial charge in [-0.1, -0.05) is 48.5 Å². The van der Waals surface area contributed by atoms with Crippen LogP contribution in [0.5, 0.6) is 0 Å². The predicted molar refractivity (Wildman–Crippen MR) is 126 cm³/mol. The molecule has 32 heavy (non-hydrogen) atoms. The molecule has 160 valence electrons. The van der Waals surface area contributed by atoms with Crippen molar-refractivity contribution in [3.8, 4) is 0 Å². The highest BCUT2D eigenvalue weighted by Crippen LogP contribution is 2.23. The van der Waals surface area contributed by atoms with E-state index in [4.69, 9.17) is 5.73 Å². The molecule has 3 aromatic carbocycles. The molecule has 0 saturated carbocycles. The summed E-state index contributed by atoms with van der Waals surface area (Å²) in [6, 6.07) is 14.6. The number of aromatic nitrogens is 2. The Labute approximate surface area is 183 Å². The lowest BCUT2D eigenvalue weighted by molar-refractivity contribution is 0.0950. The number of piperazine rings is 1. The first-order valence-corrected chi connectivity index (χ1v) is 10.4. The highest BCUT2D eigenvalue weighted by atomic mass is 16.2. The van der Waals surface area contributed by atoms with Crippen LogP contribution in [-0.2, 0) is 0 Å². The Morgan fingerprint density at radius 1 is 1.06 bits per heavy atom. The lowest BCUT2D eigenvalue weighted by atomic mass is 9.98. The van der Waals surface area contributed by atoms with E-state index in [1.165, 1.54) is 0 Å². The normalized spacial score (nSPS) is 16.9. The predicted octanol–water partition coefficient (Wildman–Crippen LogP) is 1.57. The number of nitrogen functional groups attached to an aromatic ring is 1. The maximum Gasteiger partial charge on any atom is 0.253 e. The third kappa shape index (κ3) is 3.30. The summed E-state index contributed by atoms with van der Waals surface area (Å²) in [6.07, 6.45) is 3.87. The summed E-state index contributed by atoms with van der Waals surface area (Å²) in [5.41, 5.74) is 7.83. The number of benzene rings is 2. The number of anilines is 2. The molecule has 1 fully saturated rings. The summed E-state index contributed by atoms with van der Waals surface area (Å²) in [5, 5.41) is 11.5. The molecule has 4 N–H and O–H groups in total. The second kappa shape index (κ2) is 7.90. The molecule has 0 bridgehead atoms. The van der Waals surface area contributed by atoms with Crippen molar-refractivity contribution in [2.24, 2.45) is 0 Å². The smallest absolute Gasteiger partial charge is 0.253 e. The van der Waals surface area contributed by atoms with E-state index in [0.717, 1.165) is 22.2 Å². The zero-order valence-electron chi connectivity index (χ0n) is 17.2. The molecule has 2 heterocycles. The molecule has 5 rings (SSSR count). The number of hydrogen-bond acceptors (Lipinski definition) is 7. The van der Waals surface area contributed by atoms with E-state index in [9.17, 15) is 14.4 Å². The minimum absolute atomic E-state index is 0.0546. The summed E-state index contributed by atoms with van der Waals surface area (Å²) in [6.45, 7) is 1.42. The first-order chi connectivity index (χ1) is 15.5. The van der Waals surface area contributed by atoms with E-state index in [1.54, 1.807) is 17.0 Å². The van der Waals surface area contributed by atoms with Crippen molar-refractivity contribution < 1.29 is 4.79 Å². The number of nitrogens with zero attached hydrogens (tertiary/aromatic N) is 2. The highest BCUT2D eigenvalue weighted by molar-refractivity contribution is 6.03. The van der Waals surface area contributed by atoms with Gasteiger partial charge in [0.1, 0.15) is 17.4 Å². The fourth-order valence-corrected chi connectivity index (χ4v) is 4.13. The molecule has 1 saturated heterocycles. The van der Waals surface area contributed by atoms with Crippen LogP contribution in [0.1, 0.15) is 21.6 Å². The fraction of sp³-hybridized carbons (Fsp3) is 0.167. The molecule has 8 heteroatoms. The zero-order valence-corrected chi connectivity index (χ0v) is 17.2. The molecule has 1 aliphatic heterocycles. The van der Waals surface area contributed by atoms with Crippen LogP contribution >= 0.6 is 0 Å². The Hall–Kier alpha value is -4.04. The number of aromatic amines is 1. The summed E-state index contributed by atoms with van der Waals surface area (Å²) < 4.78 is 0. The van der Waals surface area contributed by atoms with Crippen LogP contribution in [0.15, 0.2) is 58.1 Å². The fourth-order valence-electron chi connectivity index (χ4n) is 4.13. The molecule has 0 aliphatic carbocycles. The van der Waals surface area contributed by atoms with Crippen LogP contribution in [-0.4, -0.2) is 41.7 Å². The van der Waals surface area contributed by atoms with Crippen molar-refractivity contribution in [3.63, 3.8) is 0 Å². The van der Waals surface area contributed by atoms with Gasteiger partial charge in [0.2, 0.25) is 0 Å². The lowest BCUT2D eigenvalue weighted by Gasteiger charge is -2.37. The standard InChI is InChI=1S/C24H21N5O3/c25-20-21(24(32)23(20)31)29-12-11-26-13-19(29)22(30)15-8-5-14(6-9-15)7-10-18-16-3-1-2-4-17(16)27-28-18/h1-10,19,26H,11-13,25H2,(H,27,28). The molecule has 1 aliphatic rings. The quantitative estimate of drug-likeness (QED) is 0.327. The van der Waals surface area contributed by atoms with Crippen molar-refractivity contribution in [1.82, 2.24) is 15.5 Å². The second-order valence-corrected chi connectivity index (χ2v) is 7.81. The Bertz CT molecular complexity index is 1410. The van der Waals surface area contributed by atoms with Gasteiger partial charge in [-0.15, -0.1) is 0 Å². The number of nitrogens with one attached hydrogen (secondary N) is 2. The van der Waals surface area contributed by atoms with Crippen LogP contribution in [0.4, 0.5) is 11.4 Å². The Kier molecular flexibility index (Phi) is 4.91. The van der Waals surface area contributed by atoms with E-state index in [0.29, 0.717) is 25.2 Å². The van der Waals surface area contributed by atoms with E-state index in [1.807, 2.05) is 48.6 Å². The molecule has 0 amide bonds. The SMILES string of the molecule is Nc1c(N2CCNCC2C(=O)c2ccc(C=Cc3n[nH]c4ccccc34)cc2)c(=O)c1=O. The van der Waals surface area contributed by atoms with Gasteiger partial charge in [0, 0.05) is 30.6 Å². The number of carbonyl (C=O) groups is 1. The molecular formula is C24H21N5O3. The maximum absolute atomic E-state index is 13.2. The average molecular weight is 427 g/mol. The van der Waals surface area contributed by atoms with Crippen molar-refractivity contribution in [2.75, 3.05) is 30.3 Å². The third-order valence-corrected chi connectivity index (χ3v) is 5.88. The van der Waals surface area contributed by atoms with Crippen molar-refractivity contribution in [1.29, 1.82) is 0 Å². The Morgan fingerprint density at radius 2 is 1.84 bits per heavy atom. The highest BCUT2D eigenvalue weighted by Gasteiger charge is 2.35. The van der Waals surface area contributed by atoms with Crippen LogP contribution < -0.4 is 26.8 Å². The number of rotatable bonds is 5. The molecule has 4 aromatic rings. The molecular weight excluding hydrogens is 406 g/mol. The summed E-state index contributed by atoms with van der Waals surface area (Å²) >= 11 is 0. The van der Waals surface area contributed by atoms with Crippen molar-refractivity contribution >= 4 is 40.2 Å². The van der Waals surface area contributed by atoms with E-state index in [-0.39, 0.29) is 17.2 Å². The van der Waals surface area contributed by atoms with E-state index < -0.39 is 16.9 Å². The van der Waals surface area contributed by atoms with Gasteiger partial charge < -0.3 is 16.0 Å². The number of para-hydroxylation sites is 1. The first kappa shape index (κ1) is 19.9. The van der Waals surface area contributed by atoms with Gasteiger partial charge in [-0.25, -0.2) is 0 Å². The second-order valence-electron chi connectivity index (χ2n) is 7.81. The number of fused-ring (bicyclic) bond motifs is 1. The monoisotopic (exact) mass is 427 g/mol. The molecule has 1 unspecified atom stereocenters. The number of H-pyrrole nitrogens is 1. The minimum Gasteiger partial charge on any atom is -0.394 e. The summed E-state index contributed by atoms with van der Waals surface area (Å²) in [7, 11) is 0. The van der Waals surface area contributed by atoms with Gasteiger partial charge in [-0.05, 0) is 17.7 Å². The van der Waals surface area contributed by atoms with Crippen molar-refractivity contribution in [2.45, 2.75) is 6.04 Å². The molecule has 0 radical (unpaired) electrons. The third-order valence-electron chi connectivity index (χ3n) is 5.88. The number of Topliss-reactive ketones (excluding diaryl/α,β-unsaturated/α-hetero) is 1. The van der Waals surface area contributed by atoms with Crippen LogP contribution in [0.3, 0.4) is 0 Å². The molecule has 1 atom stereocenters. The number of ketones is 1. The topological polar surface area (TPSA) is 121 Å². The van der Waals surface area contributed by atoms with Gasteiger partial charge in [0.25, 0.3) is 10.9 Å². The van der Waals surface area contributed by atoms with Crippen molar-refractivity contribution in [3.05, 3.63) is 85.8 Å². The number of hydrogen-bond donors (Lipinski definition) is 3. The molecule has 8 nitrogen and oxygen atoms in total. The van der Waals surface area contributed by atoms with Gasteiger partial charge in [-0.2, -0.15) is 5.10 Å². The Morgan fingerprint density at radius 3 is 2.62 bits per heavy atom. The average Bonchev–Trinajstić information content (AvgIpc) is 3.26. The summed E-state index contributed by atoms with van der Waals surface area (Å²) in [5.74, 6) is -0.126. The van der Waals surface area contributed by atoms with Gasteiger partial charge in [0.05, 0.1) is 11.2 Å². The van der Waals surface area contributed by atoms with Gasteiger partial charge in [-0.3, -0.25) is 19.5 Å². The minimum atomic E-state index is -0.675. The van der Waals surface area contributed by atoms with Crippen LogP contribution in [0, 0.1) is 0 Å². The zero-order chi connectivity index (χ0) is 22.2. The van der Waals surface area contributed by atoms with Gasteiger partial charge >= 0.3 is 0 Å². The lowest BCUT2D eigenvalue weighted by Crippen LogP contribution is -2.58. The molecule has 0 spiro atoms. The van der Waals surface area contributed by atoms with E-state index in [2.05, 4.69) is 15.5 Å². The largest absolute Gasteiger partial charge is 0.394 e. The maximum atomic E-state index is 13.2. The first-order valence-electron chi connectivity index (χ1n) is 10.4. The number of carbonyl (C=O) groups excluding carboxylic acids is 1. The Balaban J connectivity index is 1.35. The van der Waals surface area contributed by atoms with Gasteiger partial charge in [0.15, 0.2) is 5.78 Å². The van der Waals surface area contributed by atoms with E-state index >= 15 is 0 Å². The summed E-state index contributed by atoms with van der Waals surface area (Å²) in [4.78, 5) is 38.4. The van der Waals surface area contributed by atoms with Crippen LogP contribution in [0.25, 0.3) is 23.1 Å².